The number of aromatic nitrogens is 1. The van der Waals surface area contributed by atoms with Crippen molar-refractivity contribution < 1.29 is 18.1 Å². The number of nitrogens with zero attached hydrogens (tertiary/aromatic N) is 3. The molecular weight excluding hydrogens is 444 g/mol. The SMILES string of the molecule is O=[N+]([O-])c1ccc(N2CCC(c3cc4ccccc4[nH]3)CC2)c(S(=O)(=O)N2CCOCC2)c1. The van der Waals surface area contributed by atoms with E-state index in [4.69, 9.17) is 4.74 Å². The van der Waals surface area contributed by atoms with Gasteiger partial charge in [-0.15, -0.1) is 0 Å². The van der Waals surface area contributed by atoms with Gasteiger partial charge in [-0.1, -0.05) is 18.2 Å². The minimum absolute atomic E-state index is 0.00246. The van der Waals surface area contributed by atoms with Crippen molar-refractivity contribution in [3.05, 3.63) is 64.3 Å². The predicted octanol–water partition coefficient (Wildman–Crippen LogP) is 3.48. The normalized spacial score (nSPS) is 18.6. The van der Waals surface area contributed by atoms with Gasteiger partial charge in [0.1, 0.15) is 4.90 Å². The Morgan fingerprint density at radius 1 is 1.00 bits per heavy atom. The number of rotatable bonds is 5. The van der Waals surface area contributed by atoms with Crippen LogP contribution in [0, 0.1) is 10.1 Å². The van der Waals surface area contributed by atoms with Gasteiger partial charge in [-0.25, -0.2) is 8.42 Å². The molecule has 0 aliphatic carbocycles. The highest BCUT2D eigenvalue weighted by Crippen LogP contribution is 2.36. The number of aromatic amines is 1. The Kier molecular flexibility index (Phi) is 5.81. The summed E-state index contributed by atoms with van der Waals surface area (Å²) in [5, 5.41) is 12.6. The van der Waals surface area contributed by atoms with Gasteiger partial charge in [0.2, 0.25) is 10.0 Å². The number of morpholine rings is 1. The summed E-state index contributed by atoms with van der Waals surface area (Å²) in [5.74, 6) is 0.353. The summed E-state index contributed by atoms with van der Waals surface area (Å²) in [6.45, 7) is 2.46. The third kappa shape index (κ3) is 4.21. The van der Waals surface area contributed by atoms with E-state index in [2.05, 4.69) is 23.2 Å². The van der Waals surface area contributed by atoms with Gasteiger partial charge < -0.3 is 14.6 Å². The fourth-order valence-electron chi connectivity index (χ4n) is 4.76. The van der Waals surface area contributed by atoms with Gasteiger partial charge in [-0.2, -0.15) is 4.31 Å². The fraction of sp³-hybridized carbons (Fsp3) is 0.391. The first-order valence-corrected chi connectivity index (χ1v) is 12.6. The zero-order valence-corrected chi connectivity index (χ0v) is 19.0. The van der Waals surface area contributed by atoms with Crippen molar-refractivity contribution in [2.24, 2.45) is 0 Å². The molecule has 174 valence electrons. The van der Waals surface area contributed by atoms with Crippen LogP contribution in [-0.2, 0) is 14.8 Å². The lowest BCUT2D eigenvalue weighted by molar-refractivity contribution is -0.385. The molecule has 0 radical (unpaired) electrons. The van der Waals surface area contributed by atoms with Gasteiger partial charge in [0.15, 0.2) is 0 Å². The summed E-state index contributed by atoms with van der Waals surface area (Å²) >= 11 is 0. The maximum atomic E-state index is 13.4. The van der Waals surface area contributed by atoms with Crippen LogP contribution in [0.5, 0.6) is 0 Å². The van der Waals surface area contributed by atoms with Crippen molar-refractivity contribution in [1.29, 1.82) is 0 Å². The second kappa shape index (κ2) is 8.77. The average Bonchev–Trinajstić information content (AvgIpc) is 3.29. The Morgan fingerprint density at radius 3 is 2.42 bits per heavy atom. The van der Waals surface area contributed by atoms with Gasteiger partial charge in [0.25, 0.3) is 5.69 Å². The van der Waals surface area contributed by atoms with Crippen molar-refractivity contribution in [2.75, 3.05) is 44.3 Å². The van der Waals surface area contributed by atoms with Crippen molar-refractivity contribution in [3.8, 4) is 0 Å². The Balaban J connectivity index is 1.41. The van der Waals surface area contributed by atoms with E-state index in [0.717, 1.165) is 18.4 Å². The van der Waals surface area contributed by atoms with E-state index in [0.29, 0.717) is 37.9 Å². The number of hydrogen-bond acceptors (Lipinski definition) is 6. The first-order chi connectivity index (χ1) is 15.9. The lowest BCUT2D eigenvalue weighted by Gasteiger charge is -2.35. The Hall–Kier alpha value is -2.95. The number of fused-ring (bicyclic) bond motifs is 1. The molecule has 10 heteroatoms. The van der Waals surface area contributed by atoms with Crippen LogP contribution in [0.1, 0.15) is 24.5 Å². The van der Waals surface area contributed by atoms with Crippen LogP contribution in [-0.4, -0.2) is 62.0 Å². The first-order valence-electron chi connectivity index (χ1n) is 11.1. The van der Waals surface area contributed by atoms with Crippen molar-refractivity contribution in [1.82, 2.24) is 9.29 Å². The molecule has 0 bridgehead atoms. The Bertz CT molecular complexity index is 1240. The molecule has 0 amide bonds. The molecule has 2 aromatic carbocycles. The number of para-hydroxylation sites is 1. The minimum atomic E-state index is -3.88. The summed E-state index contributed by atoms with van der Waals surface area (Å²) in [5.41, 5.74) is 2.62. The van der Waals surface area contributed by atoms with Crippen molar-refractivity contribution in [3.63, 3.8) is 0 Å². The molecule has 3 aromatic rings. The van der Waals surface area contributed by atoms with Crippen LogP contribution in [0.3, 0.4) is 0 Å². The van der Waals surface area contributed by atoms with E-state index in [1.54, 1.807) is 6.07 Å². The number of anilines is 1. The highest BCUT2D eigenvalue weighted by molar-refractivity contribution is 7.89. The minimum Gasteiger partial charge on any atom is -0.379 e. The smallest absolute Gasteiger partial charge is 0.270 e. The maximum absolute atomic E-state index is 13.4. The molecule has 3 heterocycles. The molecule has 9 nitrogen and oxygen atoms in total. The monoisotopic (exact) mass is 470 g/mol. The van der Waals surface area contributed by atoms with Crippen LogP contribution in [0.15, 0.2) is 53.4 Å². The van der Waals surface area contributed by atoms with Crippen LogP contribution in [0.4, 0.5) is 11.4 Å². The number of non-ortho nitro benzene ring substituents is 1. The summed E-state index contributed by atoms with van der Waals surface area (Å²) < 4.78 is 33.5. The van der Waals surface area contributed by atoms with E-state index in [1.807, 2.05) is 17.0 Å². The number of nitro benzene ring substituents is 1. The van der Waals surface area contributed by atoms with Gasteiger partial charge in [0.05, 0.1) is 23.8 Å². The largest absolute Gasteiger partial charge is 0.379 e. The molecule has 33 heavy (non-hydrogen) atoms. The Morgan fingerprint density at radius 2 is 1.73 bits per heavy atom. The quantitative estimate of drug-likeness (QED) is 0.452. The number of benzene rings is 2. The summed E-state index contributed by atoms with van der Waals surface area (Å²) in [6, 6.07) is 14.5. The van der Waals surface area contributed by atoms with Gasteiger partial charge in [-0.3, -0.25) is 10.1 Å². The highest BCUT2D eigenvalue weighted by Gasteiger charge is 2.33. The highest BCUT2D eigenvalue weighted by atomic mass is 32.2. The Labute approximate surface area is 192 Å². The van der Waals surface area contributed by atoms with Crippen LogP contribution >= 0.6 is 0 Å². The fourth-order valence-corrected chi connectivity index (χ4v) is 6.40. The molecule has 0 saturated carbocycles. The van der Waals surface area contributed by atoms with E-state index in [9.17, 15) is 18.5 Å². The summed E-state index contributed by atoms with van der Waals surface area (Å²) in [7, 11) is -3.88. The molecular formula is C23H26N4O5S. The molecule has 0 atom stereocenters. The van der Waals surface area contributed by atoms with Crippen LogP contribution in [0.2, 0.25) is 0 Å². The average molecular weight is 471 g/mol. The van der Waals surface area contributed by atoms with Crippen LogP contribution < -0.4 is 4.90 Å². The molecule has 2 aliphatic rings. The topological polar surface area (TPSA) is 109 Å². The molecule has 5 rings (SSSR count). The second-order valence-electron chi connectivity index (χ2n) is 8.50. The predicted molar refractivity (Wildman–Crippen MR) is 125 cm³/mol. The summed E-state index contributed by atoms with van der Waals surface area (Å²) in [6.07, 6.45) is 1.72. The third-order valence-corrected chi connectivity index (χ3v) is 8.50. The number of piperidine rings is 1. The zero-order valence-electron chi connectivity index (χ0n) is 18.1. The molecule has 2 fully saturated rings. The second-order valence-corrected chi connectivity index (χ2v) is 10.4. The number of ether oxygens (including phenoxy) is 1. The molecule has 0 unspecified atom stereocenters. The van der Waals surface area contributed by atoms with E-state index in [-0.39, 0.29) is 23.7 Å². The molecule has 1 aromatic heterocycles. The number of hydrogen-bond donors (Lipinski definition) is 1. The summed E-state index contributed by atoms with van der Waals surface area (Å²) in [4.78, 5) is 16.4. The first kappa shape index (κ1) is 21.9. The number of H-pyrrole nitrogens is 1. The number of nitro groups is 1. The lowest BCUT2D eigenvalue weighted by Crippen LogP contribution is -2.41. The molecule has 0 spiro atoms. The zero-order chi connectivity index (χ0) is 23.0. The van der Waals surface area contributed by atoms with Crippen LogP contribution in [0.25, 0.3) is 10.9 Å². The number of sulfonamides is 1. The number of nitrogens with one attached hydrogen (secondary N) is 1. The van der Waals surface area contributed by atoms with E-state index < -0.39 is 14.9 Å². The molecule has 2 saturated heterocycles. The molecule has 1 N–H and O–H groups in total. The van der Waals surface area contributed by atoms with E-state index in [1.165, 1.54) is 27.5 Å². The standard InChI is InChI=1S/C23H26N4O5S/c28-27(29)19-5-6-22(23(16-19)33(30,31)26-11-13-32-14-12-26)25-9-7-17(8-10-25)21-15-18-3-1-2-4-20(18)24-21/h1-6,15-17,24H,7-14H2. The van der Waals surface area contributed by atoms with Crippen molar-refractivity contribution >= 4 is 32.3 Å². The van der Waals surface area contributed by atoms with Gasteiger partial charge >= 0.3 is 0 Å². The van der Waals surface area contributed by atoms with Gasteiger partial charge in [0, 0.05) is 55.4 Å². The lowest BCUT2D eigenvalue weighted by atomic mass is 9.93. The maximum Gasteiger partial charge on any atom is 0.270 e. The molecule has 2 aliphatic heterocycles. The van der Waals surface area contributed by atoms with Gasteiger partial charge in [-0.05, 0) is 36.4 Å². The third-order valence-electron chi connectivity index (χ3n) is 6.57. The van der Waals surface area contributed by atoms with E-state index >= 15 is 0 Å². The van der Waals surface area contributed by atoms with Crippen molar-refractivity contribution in [2.45, 2.75) is 23.7 Å².